The van der Waals surface area contributed by atoms with Crippen molar-refractivity contribution in [1.29, 1.82) is 0 Å². The van der Waals surface area contributed by atoms with Crippen molar-refractivity contribution in [3.05, 3.63) is 59.3 Å². The lowest BCUT2D eigenvalue weighted by Crippen LogP contribution is -2.13. The third-order valence-corrected chi connectivity index (χ3v) is 3.01. The van der Waals surface area contributed by atoms with Crippen molar-refractivity contribution in [3.8, 4) is 5.88 Å². The molecule has 6 heteroatoms. The zero-order chi connectivity index (χ0) is 15.5. The first-order valence-corrected chi connectivity index (χ1v) is 6.40. The topological polar surface area (TPSA) is 48.1 Å². The van der Waals surface area contributed by atoms with Gasteiger partial charge in [0.2, 0.25) is 5.88 Å². The lowest BCUT2D eigenvalue weighted by atomic mass is 10.1. The number of hydrogen-bond acceptors (Lipinski definition) is 3. The average molecular weight is 296 g/mol. The Kier molecular flexibility index (Phi) is 4.47. The Bertz CT molecular complexity index is 600. The number of halogens is 3. The SMILES string of the molecule is CC(Oc1nc(C(F)(F)F)ccc1CN)c1ccccc1. The molecule has 0 aliphatic heterocycles. The van der Waals surface area contributed by atoms with E-state index in [2.05, 4.69) is 4.98 Å². The van der Waals surface area contributed by atoms with Crippen LogP contribution in [0.3, 0.4) is 0 Å². The van der Waals surface area contributed by atoms with Gasteiger partial charge in [-0.25, -0.2) is 4.98 Å². The summed E-state index contributed by atoms with van der Waals surface area (Å²) in [5.74, 6) is -0.0799. The lowest BCUT2D eigenvalue weighted by Gasteiger charge is -2.17. The fourth-order valence-corrected chi connectivity index (χ4v) is 1.84. The second-order valence-electron chi connectivity index (χ2n) is 4.53. The Morgan fingerprint density at radius 3 is 2.38 bits per heavy atom. The van der Waals surface area contributed by atoms with Crippen LogP contribution in [0, 0.1) is 0 Å². The molecular formula is C15H15F3N2O. The Hall–Kier alpha value is -2.08. The number of ether oxygens (including phenoxy) is 1. The molecule has 0 fully saturated rings. The van der Waals surface area contributed by atoms with Gasteiger partial charge in [0.05, 0.1) is 0 Å². The van der Waals surface area contributed by atoms with E-state index >= 15 is 0 Å². The largest absolute Gasteiger partial charge is 0.470 e. The molecule has 0 aliphatic carbocycles. The molecule has 0 amide bonds. The summed E-state index contributed by atoms with van der Waals surface area (Å²) in [6, 6.07) is 11.4. The van der Waals surface area contributed by atoms with Crippen molar-refractivity contribution in [2.45, 2.75) is 25.7 Å². The van der Waals surface area contributed by atoms with Gasteiger partial charge in [-0.1, -0.05) is 36.4 Å². The maximum Gasteiger partial charge on any atom is 0.433 e. The minimum absolute atomic E-state index is 0.0575. The number of benzene rings is 1. The normalized spacial score (nSPS) is 13.0. The van der Waals surface area contributed by atoms with E-state index in [1.165, 1.54) is 6.07 Å². The molecule has 2 N–H and O–H groups in total. The van der Waals surface area contributed by atoms with Crippen LogP contribution in [0.15, 0.2) is 42.5 Å². The van der Waals surface area contributed by atoms with Crippen molar-refractivity contribution >= 4 is 0 Å². The first-order valence-electron chi connectivity index (χ1n) is 6.40. The highest BCUT2D eigenvalue weighted by Crippen LogP contribution is 2.31. The lowest BCUT2D eigenvalue weighted by molar-refractivity contribution is -0.141. The summed E-state index contributed by atoms with van der Waals surface area (Å²) in [6.45, 7) is 1.81. The van der Waals surface area contributed by atoms with E-state index in [1.807, 2.05) is 30.3 Å². The average Bonchev–Trinajstić information content (AvgIpc) is 2.47. The molecule has 0 bridgehead atoms. The Morgan fingerprint density at radius 2 is 1.81 bits per heavy atom. The zero-order valence-corrected chi connectivity index (χ0v) is 11.4. The fourth-order valence-electron chi connectivity index (χ4n) is 1.84. The van der Waals surface area contributed by atoms with E-state index in [1.54, 1.807) is 6.92 Å². The first-order chi connectivity index (χ1) is 9.91. The van der Waals surface area contributed by atoms with Crippen LogP contribution >= 0.6 is 0 Å². The van der Waals surface area contributed by atoms with Crippen molar-refractivity contribution in [3.63, 3.8) is 0 Å². The van der Waals surface area contributed by atoms with Crippen LogP contribution in [-0.4, -0.2) is 4.98 Å². The van der Waals surface area contributed by atoms with Gasteiger partial charge in [-0.3, -0.25) is 0 Å². The molecule has 1 aromatic carbocycles. The number of alkyl halides is 3. The van der Waals surface area contributed by atoms with E-state index < -0.39 is 18.0 Å². The van der Waals surface area contributed by atoms with Crippen LogP contribution in [0.2, 0.25) is 0 Å². The van der Waals surface area contributed by atoms with Gasteiger partial charge in [0.15, 0.2) is 0 Å². The smallest absolute Gasteiger partial charge is 0.433 e. The second-order valence-corrected chi connectivity index (χ2v) is 4.53. The first kappa shape index (κ1) is 15.3. The fraction of sp³-hybridized carbons (Fsp3) is 0.267. The van der Waals surface area contributed by atoms with Crippen molar-refractivity contribution in [1.82, 2.24) is 4.98 Å². The predicted octanol–water partition coefficient (Wildman–Crippen LogP) is 3.70. The third kappa shape index (κ3) is 3.72. The molecule has 2 aromatic rings. The maximum atomic E-state index is 12.7. The van der Waals surface area contributed by atoms with Crippen LogP contribution in [0.4, 0.5) is 13.2 Å². The Labute approximate surface area is 120 Å². The van der Waals surface area contributed by atoms with Crippen molar-refractivity contribution in [2.24, 2.45) is 5.73 Å². The summed E-state index contributed by atoms with van der Waals surface area (Å²) in [5, 5.41) is 0. The third-order valence-electron chi connectivity index (χ3n) is 3.01. The van der Waals surface area contributed by atoms with Gasteiger partial charge >= 0.3 is 6.18 Å². The summed E-state index contributed by atoms with van der Waals surface area (Å²) in [7, 11) is 0. The molecule has 1 aromatic heterocycles. The monoisotopic (exact) mass is 296 g/mol. The molecule has 3 nitrogen and oxygen atoms in total. The second kappa shape index (κ2) is 6.13. The molecule has 0 radical (unpaired) electrons. The number of nitrogens with two attached hydrogens (primary N) is 1. The summed E-state index contributed by atoms with van der Waals surface area (Å²) in [5.41, 5.74) is 5.81. The summed E-state index contributed by atoms with van der Waals surface area (Å²) in [4.78, 5) is 3.55. The molecule has 0 saturated carbocycles. The minimum atomic E-state index is -4.51. The summed E-state index contributed by atoms with van der Waals surface area (Å²) >= 11 is 0. The molecule has 1 atom stereocenters. The Morgan fingerprint density at radius 1 is 1.14 bits per heavy atom. The molecule has 112 valence electrons. The number of nitrogens with zero attached hydrogens (tertiary/aromatic N) is 1. The van der Waals surface area contributed by atoms with E-state index in [-0.39, 0.29) is 12.4 Å². The van der Waals surface area contributed by atoms with Gasteiger partial charge in [-0.05, 0) is 18.6 Å². The standard InChI is InChI=1S/C15H15F3N2O/c1-10(11-5-3-2-4-6-11)21-14-12(9-19)7-8-13(20-14)15(16,17)18/h2-8,10H,9,19H2,1H3. The van der Waals surface area contributed by atoms with Gasteiger partial charge in [0.25, 0.3) is 0 Å². The van der Waals surface area contributed by atoms with E-state index in [9.17, 15) is 13.2 Å². The van der Waals surface area contributed by atoms with E-state index in [4.69, 9.17) is 10.5 Å². The number of aromatic nitrogens is 1. The highest BCUT2D eigenvalue weighted by molar-refractivity contribution is 5.30. The predicted molar refractivity (Wildman–Crippen MR) is 72.6 cm³/mol. The van der Waals surface area contributed by atoms with Crippen molar-refractivity contribution in [2.75, 3.05) is 0 Å². The van der Waals surface area contributed by atoms with Gasteiger partial charge < -0.3 is 10.5 Å². The van der Waals surface area contributed by atoms with Gasteiger partial charge in [-0.2, -0.15) is 13.2 Å². The molecule has 0 saturated heterocycles. The van der Waals surface area contributed by atoms with Crippen LogP contribution in [0.5, 0.6) is 5.88 Å². The molecule has 21 heavy (non-hydrogen) atoms. The number of rotatable bonds is 4. The quantitative estimate of drug-likeness (QED) is 0.936. The molecule has 1 heterocycles. The highest BCUT2D eigenvalue weighted by Gasteiger charge is 2.33. The molecular weight excluding hydrogens is 281 g/mol. The van der Waals surface area contributed by atoms with Gasteiger partial charge in [0.1, 0.15) is 11.8 Å². The minimum Gasteiger partial charge on any atom is -0.470 e. The molecule has 0 aliphatic rings. The number of pyridine rings is 1. The van der Waals surface area contributed by atoms with Crippen LogP contribution in [0.25, 0.3) is 0 Å². The van der Waals surface area contributed by atoms with Crippen LogP contribution < -0.4 is 10.5 Å². The van der Waals surface area contributed by atoms with E-state index in [0.29, 0.717) is 5.56 Å². The molecule has 1 unspecified atom stereocenters. The number of hydrogen-bond donors (Lipinski definition) is 1. The molecule has 0 spiro atoms. The maximum absolute atomic E-state index is 12.7. The van der Waals surface area contributed by atoms with Crippen LogP contribution in [-0.2, 0) is 12.7 Å². The summed E-state index contributed by atoms with van der Waals surface area (Å²) in [6.07, 6.45) is -4.94. The highest BCUT2D eigenvalue weighted by atomic mass is 19.4. The van der Waals surface area contributed by atoms with Gasteiger partial charge in [-0.15, -0.1) is 0 Å². The van der Waals surface area contributed by atoms with E-state index in [0.717, 1.165) is 11.6 Å². The van der Waals surface area contributed by atoms with Crippen LogP contribution in [0.1, 0.15) is 29.8 Å². The zero-order valence-electron chi connectivity index (χ0n) is 11.4. The van der Waals surface area contributed by atoms with Gasteiger partial charge in [0, 0.05) is 12.1 Å². The molecule has 2 rings (SSSR count). The summed E-state index contributed by atoms with van der Waals surface area (Å²) < 4.78 is 43.7. The Balaban J connectivity index is 2.29. The van der Waals surface area contributed by atoms with Crippen molar-refractivity contribution < 1.29 is 17.9 Å².